The molecule has 0 atom stereocenters. The summed E-state index contributed by atoms with van der Waals surface area (Å²) >= 11 is 1.45. The van der Waals surface area contributed by atoms with Crippen molar-refractivity contribution in [1.29, 1.82) is 0 Å². The van der Waals surface area contributed by atoms with E-state index in [9.17, 15) is 9.59 Å². The molecular weight excluding hydrogens is 410 g/mol. The highest BCUT2D eigenvalue weighted by molar-refractivity contribution is 8.00. The normalized spacial score (nSPS) is 16.5. The van der Waals surface area contributed by atoms with Crippen molar-refractivity contribution in [1.82, 2.24) is 19.9 Å². The molecule has 2 aliphatic heterocycles. The molecule has 8 heteroatoms. The first-order valence-electron chi connectivity index (χ1n) is 10.6. The monoisotopic (exact) mass is 433 g/mol. The summed E-state index contributed by atoms with van der Waals surface area (Å²) in [5.74, 6) is 1.33. The van der Waals surface area contributed by atoms with Crippen LogP contribution in [-0.2, 0) is 16.0 Å². The first kappa shape index (κ1) is 19.9. The fraction of sp³-hybridized carbons (Fsp3) is 0.348. The Bertz CT molecular complexity index is 1120. The van der Waals surface area contributed by atoms with E-state index in [0.29, 0.717) is 38.2 Å². The summed E-state index contributed by atoms with van der Waals surface area (Å²) < 4.78 is 0. The van der Waals surface area contributed by atoms with Gasteiger partial charge in [-0.1, -0.05) is 36.0 Å². The van der Waals surface area contributed by atoms with E-state index < -0.39 is 0 Å². The van der Waals surface area contributed by atoms with E-state index in [1.807, 2.05) is 46.2 Å². The van der Waals surface area contributed by atoms with E-state index in [2.05, 4.69) is 15.0 Å². The molecule has 0 spiro atoms. The van der Waals surface area contributed by atoms with E-state index >= 15 is 0 Å². The predicted molar refractivity (Wildman–Crippen MR) is 120 cm³/mol. The topological polar surface area (TPSA) is 79.3 Å². The second kappa shape index (κ2) is 8.63. The van der Waals surface area contributed by atoms with Crippen LogP contribution in [0.25, 0.3) is 10.9 Å². The van der Waals surface area contributed by atoms with Crippen LogP contribution in [0.3, 0.4) is 0 Å². The fourth-order valence-corrected chi connectivity index (χ4v) is 5.23. The van der Waals surface area contributed by atoms with Crippen molar-refractivity contribution < 1.29 is 9.59 Å². The minimum absolute atomic E-state index is 0.0459. The van der Waals surface area contributed by atoms with Crippen LogP contribution in [0, 0.1) is 5.92 Å². The van der Waals surface area contributed by atoms with Crippen LogP contribution < -0.4 is 4.90 Å². The largest absolute Gasteiger partial charge is 0.342 e. The van der Waals surface area contributed by atoms with Crippen molar-refractivity contribution in [2.75, 3.05) is 30.3 Å². The quantitative estimate of drug-likeness (QED) is 0.465. The van der Waals surface area contributed by atoms with Crippen molar-refractivity contribution in [2.45, 2.75) is 24.3 Å². The average molecular weight is 434 g/mol. The lowest BCUT2D eigenvalue weighted by Gasteiger charge is -2.33. The molecule has 0 N–H and O–H groups in total. The molecule has 2 aliphatic rings. The van der Waals surface area contributed by atoms with Crippen LogP contribution in [0.2, 0.25) is 0 Å². The Labute approximate surface area is 184 Å². The lowest BCUT2D eigenvalue weighted by molar-refractivity contribution is -0.132. The smallest absolute Gasteiger partial charge is 0.232 e. The molecule has 2 amide bonds. The number of nitrogens with zero attached hydrogens (tertiary/aromatic N) is 5. The Balaban J connectivity index is 1.16. The first-order chi connectivity index (χ1) is 15.2. The van der Waals surface area contributed by atoms with Gasteiger partial charge in [-0.3, -0.25) is 14.5 Å². The summed E-state index contributed by atoms with van der Waals surface area (Å²) in [6, 6.07) is 11.8. The minimum atomic E-state index is -0.0459. The molecule has 1 fully saturated rings. The summed E-state index contributed by atoms with van der Waals surface area (Å²) in [5.41, 5.74) is 2.02. The van der Waals surface area contributed by atoms with E-state index in [-0.39, 0.29) is 17.7 Å². The lowest BCUT2D eigenvalue weighted by Crippen LogP contribution is -2.44. The zero-order valence-electron chi connectivity index (χ0n) is 17.1. The molecule has 0 radical (unpaired) electrons. The SMILES string of the molecule is O=C(CSc1ncnc2ccccc12)N1CCC(C(=O)N2CCc3cccnc32)CC1. The van der Waals surface area contributed by atoms with Gasteiger partial charge in [0.15, 0.2) is 0 Å². The summed E-state index contributed by atoms with van der Waals surface area (Å²) in [6.45, 7) is 1.93. The number of anilines is 1. The van der Waals surface area contributed by atoms with Gasteiger partial charge in [-0.05, 0) is 37.0 Å². The number of amides is 2. The van der Waals surface area contributed by atoms with Gasteiger partial charge in [-0.25, -0.2) is 15.0 Å². The molecule has 4 heterocycles. The van der Waals surface area contributed by atoms with Crippen LogP contribution in [0.15, 0.2) is 53.9 Å². The third-order valence-corrected chi connectivity index (χ3v) is 7.02. The van der Waals surface area contributed by atoms with E-state index in [4.69, 9.17) is 0 Å². The zero-order chi connectivity index (χ0) is 21.2. The molecule has 5 rings (SSSR count). The number of aromatic nitrogens is 3. The van der Waals surface area contributed by atoms with E-state index in [0.717, 1.165) is 33.7 Å². The Morgan fingerprint density at radius 3 is 2.71 bits per heavy atom. The number of pyridine rings is 1. The number of rotatable bonds is 4. The van der Waals surface area contributed by atoms with Gasteiger partial charge in [-0.15, -0.1) is 0 Å². The fourth-order valence-electron chi connectivity index (χ4n) is 4.33. The number of benzene rings is 1. The Hall–Kier alpha value is -3.00. The Morgan fingerprint density at radius 2 is 1.84 bits per heavy atom. The highest BCUT2D eigenvalue weighted by Gasteiger charge is 2.34. The highest BCUT2D eigenvalue weighted by atomic mass is 32.2. The standard InChI is InChI=1S/C23H23N5O2S/c29-20(14-31-22-18-5-1-2-6-19(18)25-15-26-22)27-11-7-17(8-12-27)23(30)28-13-9-16-4-3-10-24-21(16)28/h1-6,10,15,17H,7-9,11-14H2. The van der Waals surface area contributed by atoms with Crippen LogP contribution in [0.4, 0.5) is 5.82 Å². The number of carbonyl (C=O) groups excluding carboxylic acids is 2. The lowest BCUT2D eigenvalue weighted by atomic mass is 9.95. The van der Waals surface area contributed by atoms with Crippen molar-refractivity contribution >= 4 is 40.3 Å². The number of thioether (sulfide) groups is 1. The second-order valence-corrected chi connectivity index (χ2v) is 8.83. The van der Waals surface area contributed by atoms with Gasteiger partial charge in [0, 0.05) is 37.1 Å². The molecule has 1 aromatic carbocycles. The van der Waals surface area contributed by atoms with Crippen molar-refractivity contribution in [2.24, 2.45) is 5.92 Å². The Kier molecular flexibility index (Phi) is 5.55. The number of para-hydroxylation sites is 1. The van der Waals surface area contributed by atoms with Gasteiger partial charge in [0.1, 0.15) is 17.2 Å². The number of likely N-dealkylation sites (tertiary alicyclic amines) is 1. The van der Waals surface area contributed by atoms with Gasteiger partial charge < -0.3 is 4.90 Å². The number of carbonyl (C=O) groups is 2. The summed E-state index contributed by atoms with van der Waals surface area (Å²) in [6.07, 6.45) is 5.54. The van der Waals surface area contributed by atoms with Gasteiger partial charge in [0.05, 0.1) is 11.3 Å². The minimum Gasteiger partial charge on any atom is -0.342 e. The van der Waals surface area contributed by atoms with Gasteiger partial charge in [0.25, 0.3) is 0 Å². The van der Waals surface area contributed by atoms with Gasteiger partial charge >= 0.3 is 0 Å². The molecule has 0 unspecified atom stereocenters. The molecular formula is C23H23N5O2S. The molecule has 158 valence electrons. The maximum absolute atomic E-state index is 13.0. The van der Waals surface area contributed by atoms with Crippen molar-refractivity contribution in [3.8, 4) is 0 Å². The molecule has 1 saturated heterocycles. The predicted octanol–water partition coefficient (Wildman–Crippen LogP) is 2.94. The van der Waals surface area contributed by atoms with Crippen LogP contribution >= 0.6 is 11.8 Å². The molecule has 0 bridgehead atoms. The molecule has 0 aliphatic carbocycles. The second-order valence-electron chi connectivity index (χ2n) is 7.87. The maximum Gasteiger partial charge on any atom is 0.232 e. The summed E-state index contributed by atoms with van der Waals surface area (Å²) in [4.78, 5) is 42.5. The van der Waals surface area contributed by atoms with Crippen LogP contribution in [-0.4, -0.2) is 57.1 Å². The molecule has 31 heavy (non-hydrogen) atoms. The third kappa shape index (κ3) is 3.99. The summed E-state index contributed by atoms with van der Waals surface area (Å²) in [7, 11) is 0. The highest BCUT2D eigenvalue weighted by Crippen LogP contribution is 2.30. The molecule has 7 nitrogen and oxygen atoms in total. The average Bonchev–Trinajstić information content (AvgIpc) is 3.26. The van der Waals surface area contributed by atoms with Crippen molar-refractivity contribution in [3.63, 3.8) is 0 Å². The zero-order valence-corrected chi connectivity index (χ0v) is 17.9. The number of piperidine rings is 1. The van der Waals surface area contributed by atoms with Gasteiger partial charge in [-0.2, -0.15) is 0 Å². The van der Waals surface area contributed by atoms with Gasteiger partial charge in [0.2, 0.25) is 11.8 Å². The first-order valence-corrected chi connectivity index (χ1v) is 11.5. The third-order valence-electron chi connectivity index (χ3n) is 6.03. The summed E-state index contributed by atoms with van der Waals surface area (Å²) in [5, 5.41) is 1.79. The molecule has 3 aromatic rings. The number of fused-ring (bicyclic) bond motifs is 2. The van der Waals surface area contributed by atoms with E-state index in [1.54, 1.807) is 6.20 Å². The maximum atomic E-state index is 13.0. The Morgan fingerprint density at radius 1 is 1.00 bits per heavy atom. The molecule has 0 saturated carbocycles. The number of hydrogen-bond acceptors (Lipinski definition) is 6. The van der Waals surface area contributed by atoms with Crippen LogP contribution in [0.1, 0.15) is 18.4 Å². The number of hydrogen-bond donors (Lipinski definition) is 0. The van der Waals surface area contributed by atoms with Crippen LogP contribution in [0.5, 0.6) is 0 Å². The van der Waals surface area contributed by atoms with E-state index in [1.165, 1.54) is 18.1 Å². The molecule has 2 aromatic heterocycles. The van der Waals surface area contributed by atoms with Crippen molar-refractivity contribution in [3.05, 3.63) is 54.5 Å².